The third kappa shape index (κ3) is 0.905. The van der Waals surface area contributed by atoms with E-state index in [2.05, 4.69) is 12.2 Å². The molecule has 0 radical (unpaired) electrons. The molecule has 3 aliphatic rings. The summed E-state index contributed by atoms with van der Waals surface area (Å²) in [5, 5.41) is 0. The summed E-state index contributed by atoms with van der Waals surface area (Å²) in [6, 6.07) is 0. The van der Waals surface area contributed by atoms with E-state index in [9.17, 15) is 4.79 Å². The number of allylic oxidation sites excluding steroid dienone is 3. The molecule has 0 bridgehead atoms. The van der Waals surface area contributed by atoms with Crippen molar-refractivity contribution in [1.82, 2.24) is 0 Å². The first-order valence-corrected chi connectivity index (χ1v) is 5.25. The van der Waals surface area contributed by atoms with Gasteiger partial charge in [-0.05, 0) is 24.0 Å². The number of carbonyl (C=O) groups excluding carboxylic acids is 1. The molecular formula is C12H14O3. The molecule has 3 rings (SSSR count). The lowest BCUT2D eigenvalue weighted by atomic mass is 9.46. The number of ether oxygens (including phenoxy) is 2. The van der Waals surface area contributed by atoms with Crippen LogP contribution >= 0.6 is 0 Å². The number of hydrogen-bond donors (Lipinski definition) is 0. The van der Waals surface area contributed by atoms with E-state index < -0.39 is 5.79 Å². The Kier molecular flexibility index (Phi) is 1.74. The molecule has 0 aromatic heterocycles. The minimum Gasteiger partial charge on any atom is -0.349 e. The van der Waals surface area contributed by atoms with Crippen LogP contribution in [0.3, 0.4) is 0 Å². The van der Waals surface area contributed by atoms with Crippen LogP contribution in [0, 0.1) is 23.7 Å². The highest BCUT2D eigenvalue weighted by molar-refractivity contribution is 5.95. The second-order valence-corrected chi connectivity index (χ2v) is 4.46. The molecule has 3 nitrogen and oxygen atoms in total. The van der Waals surface area contributed by atoms with Crippen LogP contribution < -0.4 is 0 Å². The monoisotopic (exact) mass is 206 g/mol. The van der Waals surface area contributed by atoms with Gasteiger partial charge in [0.25, 0.3) is 0 Å². The standard InChI is InChI=1S/C12H14O3/c1-14-12(15-2)6-5-9(13)10-7-3-4-8(7)11(10)12/h3-8,10-11H,1-2H3. The molecule has 0 N–H and O–H groups in total. The van der Waals surface area contributed by atoms with Crippen LogP contribution in [0.2, 0.25) is 0 Å². The molecule has 0 saturated heterocycles. The van der Waals surface area contributed by atoms with Crippen molar-refractivity contribution in [2.24, 2.45) is 23.7 Å². The summed E-state index contributed by atoms with van der Waals surface area (Å²) < 4.78 is 10.9. The van der Waals surface area contributed by atoms with E-state index in [4.69, 9.17) is 9.47 Å². The predicted octanol–water partition coefficient (Wildman–Crippen LogP) is 1.16. The Morgan fingerprint density at radius 2 is 1.87 bits per heavy atom. The largest absolute Gasteiger partial charge is 0.349 e. The summed E-state index contributed by atoms with van der Waals surface area (Å²) in [6.45, 7) is 0. The van der Waals surface area contributed by atoms with E-state index in [-0.39, 0.29) is 17.6 Å². The van der Waals surface area contributed by atoms with Crippen LogP contribution in [0.5, 0.6) is 0 Å². The molecule has 0 amide bonds. The summed E-state index contributed by atoms with van der Waals surface area (Å²) in [7, 11) is 3.27. The smallest absolute Gasteiger partial charge is 0.191 e. The van der Waals surface area contributed by atoms with Gasteiger partial charge in [-0.25, -0.2) is 0 Å². The van der Waals surface area contributed by atoms with Gasteiger partial charge in [0.15, 0.2) is 11.6 Å². The number of ketones is 1. The number of hydrogen-bond acceptors (Lipinski definition) is 3. The molecule has 1 fully saturated rings. The maximum absolute atomic E-state index is 11.7. The molecular weight excluding hydrogens is 192 g/mol. The van der Waals surface area contributed by atoms with Gasteiger partial charge in [-0.15, -0.1) is 0 Å². The molecule has 1 saturated carbocycles. The molecule has 3 heteroatoms. The zero-order valence-electron chi connectivity index (χ0n) is 8.84. The summed E-state index contributed by atoms with van der Waals surface area (Å²) in [5.74, 6) is 0.658. The molecule has 0 aliphatic heterocycles. The molecule has 0 heterocycles. The lowest BCUT2D eigenvalue weighted by Gasteiger charge is -2.60. The SMILES string of the molecule is COC1(OC)C=CC(=O)C2C3C=CC3C21. The van der Waals surface area contributed by atoms with E-state index in [1.54, 1.807) is 26.4 Å². The summed E-state index contributed by atoms with van der Waals surface area (Å²) in [6.07, 6.45) is 7.65. The summed E-state index contributed by atoms with van der Waals surface area (Å²) >= 11 is 0. The molecule has 4 unspecified atom stereocenters. The fraction of sp³-hybridized carbons (Fsp3) is 0.583. The molecule has 3 aliphatic carbocycles. The second-order valence-electron chi connectivity index (χ2n) is 4.46. The molecule has 15 heavy (non-hydrogen) atoms. The van der Waals surface area contributed by atoms with Crippen LogP contribution in [0.1, 0.15) is 0 Å². The van der Waals surface area contributed by atoms with Crippen molar-refractivity contribution in [3.8, 4) is 0 Å². The Morgan fingerprint density at radius 1 is 1.20 bits per heavy atom. The van der Waals surface area contributed by atoms with E-state index in [1.165, 1.54) is 0 Å². The van der Waals surface area contributed by atoms with Gasteiger partial charge in [0.1, 0.15) is 0 Å². The minimum absolute atomic E-state index is 0.0740. The molecule has 4 atom stereocenters. The number of carbonyl (C=O) groups is 1. The third-order valence-electron chi connectivity index (χ3n) is 4.13. The first-order chi connectivity index (χ1) is 7.23. The first kappa shape index (κ1) is 9.31. The van der Waals surface area contributed by atoms with Gasteiger partial charge in [-0.1, -0.05) is 12.2 Å². The van der Waals surface area contributed by atoms with Crippen LogP contribution in [0.25, 0.3) is 0 Å². The van der Waals surface area contributed by atoms with Crippen molar-refractivity contribution < 1.29 is 14.3 Å². The quantitative estimate of drug-likeness (QED) is 0.502. The van der Waals surface area contributed by atoms with Gasteiger partial charge in [0.2, 0.25) is 0 Å². The zero-order valence-corrected chi connectivity index (χ0v) is 8.84. The Bertz CT molecular complexity index is 365. The fourth-order valence-electron chi connectivity index (χ4n) is 3.22. The van der Waals surface area contributed by atoms with Gasteiger partial charge in [-0.3, -0.25) is 4.79 Å². The van der Waals surface area contributed by atoms with Crippen molar-refractivity contribution in [2.45, 2.75) is 5.79 Å². The van der Waals surface area contributed by atoms with Crippen molar-refractivity contribution in [3.05, 3.63) is 24.3 Å². The van der Waals surface area contributed by atoms with E-state index in [0.717, 1.165) is 0 Å². The average molecular weight is 206 g/mol. The van der Waals surface area contributed by atoms with Crippen LogP contribution in [-0.4, -0.2) is 25.8 Å². The maximum Gasteiger partial charge on any atom is 0.191 e. The Hall–Kier alpha value is -0.930. The third-order valence-corrected chi connectivity index (χ3v) is 4.13. The number of fused-ring (bicyclic) bond motifs is 4. The van der Waals surface area contributed by atoms with Gasteiger partial charge >= 0.3 is 0 Å². The predicted molar refractivity (Wildman–Crippen MR) is 54.0 cm³/mol. The first-order valence-electron chi connectivity index (χ1n) is 5.25. The van der Waals surface area contributed by atoms with Crippen molar-refractivity contribution in [2.75, 3.05) is 14.2 Å². The average Bonchev–Trinajstić information content (AvgIpc) is 2.23. The summed E-state index contributed by atoms with van der Waals surface area (Å²) in [5.41, 5.74) is 0. The van der Waals surface area contributed by atoms with E-state index in [1.807, 2.05) is 0 Å². The molecule has 0 aromatic carbocycles. The Morgan fingerprint density at radius 3 is 2.40 bits per heavy atom. The summed E-state index contributed by atoms with van der Waals surface area (Å²) in [4.78, 5) is 11.7. The van der Waals surface area contributed by atoms with Gasteiger partial charge in [0.05, 0.1) is 0 Å². The highest BCUT2D eigenvalue weighted by Gasteiger charge is 2.64. The highest BCUT2D eigenvalue weighted by atomic mass is 16.7. The normalized spacial score (nSPS) is 44.0. The van der Waals surface area contributed by atoms with Crippen molar-refractivity contribution in [1.29, 1.82) is 0 Å². The fourth-order valence-corrected chi connectivity index (χ4v) is 3.22. The maximum atomic E-state index is 11.7. The Balaban J connectivity index is 2.01. The molecule has 0 aromatic rings. The van der Waals surface area contributed by atoms with Crippen molar-refractivity contribution >= 4 is 5.78 Å². The Labute approximate surface area is 88.7 Å². The van der Waals surface area contributed by atoms with Crippen molar-refractivity contribution in [3.63, 3.8) is 0 Å². The van der Waals surface area contributed by atoms with Crippen LogP contribution in [0.15, 0.2) is 24.3 Å². The van der Waals surface area contributed by atoms with Crippen LogP contribution in [0.4, 0.5) is 0 Å². The van der Waals surface area contributed by atoms with E-state index in [0.29, 0.717) is 11.8 Å². The second kappa shape index (κ2) is 2.80. The van der Waals surface area contributed by atoms with Gasteiger partial charge < -0.3 is 9.47 Å². The highest BCUT2D eigenvalue weighted by Crippen LogP contribution is 2.60. The minimum atomic E-state index is -0.690. The molecule has 80 valence electrons. The number of rotatable bonds is 2. The zero-order chi connectivity index (χ0) is 10.6. The topological polar surface area (TPSA) is 35.5 Å². The van der Waals surface area contributed by atoms with Gasteiger partial charge in [-0.2, -0.15) is 0 Å². The lowest BCUT2D eigenvalue weighted by Crippen LogP contribution is -2.64. The molecule has 0 spiro atoms. The van der Waals surface area contributed by atoms with Gasteiger partial charge in [0, 0.05) is 26.1 Å². The van der Waals surface area contributed by atoms with E-state index >= 15 is 0 Å². The lowest BCUT2D eigenvalue weighted by molar-refractivity contribution is -0.259. The number of methoxy groups -OCH3 is 2. The van der Waals surface area contributed by atoms with Crippen LogP contribution in [-0.2, 0) is 14.3 Å².